The molecule has 2 unspecified atom stereocenters. The number of carbonyl (C=O) groups is 4. The zero-order valence-electron chi connectivity index (χ0n) is 15.4. The van der Waals surface area contributed by atoms with Gasteiger partial charge in [0, 0.05) is 36.6 Å². The fraction of sp³-hybridized carbons (Fsp3) is 0.364. The van der Waals surface area contributed by atoms with Crippen LogP contribution in [-0.2, 0) is 9.59 Å². The second kappa shape index (κ2) is 5.07. The zero-order valence-corrected chi connectivity index (χ0v) is 15.4. The number of carbonyl (C=O) groups excluding carboxylic acids is 4. The Hall–Kier alpha value is -3.02. The Morgan fingerprint density at radius 1 is 0.821 bits per heavy atom. The number of hydrogen-bond donors (Lipinski definition) is 0. The first-order valence-corrected chi connectivity index (χ1v) is 9.76. The summed E-state index contributed by atoms with van der Waals surface area (Å²) in [5.41, 5.74) is 3.80. The lowest BCUT2D eigenvalue weighted by molar-refractivity contribution is -0.137. The molecule has 2 aliphatic heterocycles. The number of imide groups is 2. The van der Waals surface area contributed by atoms with Crippen molar-refractivity contribution in [2.24, 2.45) is 5.92 Å². The van der Waals surface area contributed by atoms with Gasteiger partial charge in [-0.15, -0.1) is 0 Å². The van der Waals surface area contributed by atoms with Crippen molar-refractivity contribution in [3.8, 4) is 0 Å². The number of likely N-dealkylation sites (tertiary alicyclic amines) is 1. The minimum Gasteiger partial charge on any atom is -0.277 e. The van der Waals surface area contributed by atoms with Crippen LogP contribution in [0.1, 0.15) is 62.9 Å². The molecule has 1 saturated heterocycles. The predicted molar refractivity (Wildman–Crippen MR) is 98.6 cm³/mol. The normalized spacial score (nSPS) is 27.6. The van der Waals surface area contributed by atoms with Crippen molar-refractivity contribution in [1.82, 2.24) is 9.80 Å². The van der Waals surface area contributed by atoms with E-state index in [4.69, 9.17) is 0 Å². The predicted octanol–water partition coefficient (Wildman–Crippen LogP) is 2.13. The topological polar surface area (TPSA) is 74.8 Å². The highest BCUT2D eigenvalue weighted by atomic mass is 16.2. The molecule has 0 bridgehead atoms. The Morgan fingerprint density at radius 2 is 1.32 bits per heavy atom. The third kappa shape index (κ3) is 1.78. The van der Waals surface area contributed by atoms with Crippen LogP contribution < -0.4 is 0 Å². The van der Waals surface area contributed by atoms with E-state index in [9.17, 15) is 19.2 Å². The second-order valence-corrected chi connectivity index (χ2v) is 8.43. The van der Waals surface area contributed by atoms with Crippen molar-refractivity contribution in [2.75, 3.05) is 13.6 Å². The number of allylic oxidation sites excluding steroid dienone is 2. The van der Waals surface area contributed by atoms with Crippen LogP contribution in [0.15, 0.2) is 35.4 Å². The van der Waals surface area contributed by atoms with Gasteiger partial charge in [0.15, 0.2) is 0 Å². The van der Waals surface area contributed by atoms with Gasteiger partial charge in [-0.25, -0.2) is 0 Å². The molecule has 2 fully saturated rings. The SMILES string of the molecule is CN1C(=O)c2cc3c(cc2C1=O)C1C=C2C(=O)N(CC4CCC4)C(=O)C2=CC31. The van der Waals surface area contributed by atoms with Gasteiger partial charge in [-0.1, -0.05) is 18.6 Å². The van der Waals surface area contributed by atoms with Gasteiger partial charge in [-0.05, 0) is 42.0 Å². The first kappa shape index (κ1) is 16.0. The van der Waals surface area contributed by atoms with E-state index in [0.29, 0.717) is 34.7 Å². The number of fused-ring (bicyclic) bond motifs is 6. The molecule has 1 saturated carbocycles. The van der Waals surface area contributed by atoms with Crippen LogP contribution >= 0.6 is 0 Å². The summed E-state index contributed by atoms with van der Waals surface area (Å²) in [5, 5.41) is 0. The zero-order chi connectivity index (χ0) is 19.3. The Bertz CT molecular complexity index is 1010. The lowest BCUT2D eigenvalue weighted by Gasteiger charge is -2.39. The van der Waals surface area contributed by atoms with E-state index in [1.54, 1.807) is 12.1 Å². The van der Waals surface area contributed by atoms with E-state index in [-0.39, 0.29) is 35.5 Å². The Kier molecular flexibility index (Phi) is 2.89. The third-order valence-electron chi connectivity index (χ3n) is 7.00. The van der Waals surface area contributed by atoms with E-state index in [0.717, 1.165) is 28.9 Å². The number of rotatable bonds is 2. The van der Waals surface area contributed by atoms with E-state index < -0.39 is 0 Å². The quantitative estimate of drug-likeness (QED) is 0.744. The molecular weight excluding hydrogens is 356 g/mol. The van der Waals surface area contributed by atoms with Gasteiger partial charge < -0.3 is 0 Å². The van der Waals surface area contributed by atoms with Crippen LogP contribution in [0.2, 0.25) is 0 Å². The van der Waals surface area contributed by atoms with Gasteiger partial charge in [-0.3, -0.25) is 29.0 Å². The maximum atomic E-state index is 12.8. The molecule has 140 valence electrons. The summed E-state index contributed by atoms with van der Waals surface area (Å²) in [7, 11) is 1.48. The maximum Gasteiger partial charge on any atom is 0.261 e. The molecule has 6 nitrogen and oxygen atoms in total. The number of benzene rings is 1. The first-order chi connectivity index (χ1) is 13.5. The fourth-order valence-corrected chi connectivity index (χ4v) is 5.09. The molecule has 0 aromatic heterocycles. The largest absolute Gasteiger partial charge is 0.277 e. The maximum absolute atomic E-state index is 12.8. The lowest BCUT2D eigenvalue weighted by atomic mass is 9.63. The molecule has 28 heavy (non-hydrogen) atoms. The Morgan fingerprint density at radius 3 is 1.75 bits per heavy atom. The summed E-state index contributed by atoms with van der Waals surface area (Å²) in [6.07, 6.45) is 7.10. The van der Waals surface area contributed by atoms with Crippen LogP contribution in [0.3, 0.4) is 0 Å². The van der Waals surface area contributed by atoms with Crippen LogP contribution in [0.25, 0.3) is 0 Å². The van der Waals surface area contributed by atoms with Gasteiger partial charge >= 0.3 is 0 Å². The molecule has 2 atom stereocenters. The molecular formula is C22H18N2O4. The molecule has 3 aliphatic carbocycles. The first-order valence-electron chi connectivity index (χ1n) is 9.76. The van der Waals surface area contributed by atoms with Gasteiger partial charge in [0.1, 0.15) is 0 Å². The molecule has 2 heterocycles. The van der Waals surface area contributed by atoms with E-state index in [1.807, 2.05) is 12.2 Å². The van der Waals surface area contributed by atoms with Crippen molar-refractivity contribution < 1.29 is 19.2 Å². The van der Waals surface area contributed by atoms with Crippen molar-refractivity contribution in [2.45, 2.75) is 31.1 Å². The van der Waals surface area contributed by atoms with E-state index in [1.165, 1.54) is 18.4 Å². The van der Waals surface area contributed by atoms with Gasteiger partial charge in [-0.2, -0.15) is 0 Å². The minimum absolute atomic E-state index is 0.0201. The standard InChI is InChI=1S/C22H18N2O4/c1-23-19(25)15-5-11-12(6-16(15)20(23)26)14-8-18-17(7-13(11)14)21(27)24(22(18)28)9-10-3-2-4-10/h5-8,10,13-14H,2-4,9H2,1H3. The molecule has 5 aliphatic rings. The minimum atomic E-state index is -0.287. The number of hydrogen-bond acceptors (Lipinski definition) is 4. The number of amides is 4. The lowest BCUT2D eigenvalue weighted by Crippen LogP contribution is -2.36. The van der Waals surface area contributed by atoms with Crippen LogP contribution in [0, 0.1) is 5.92 Å². The molecule has 6 heteroatoms. The summed E-state index contributed by atoms with van der Waals surface area (Å²) in [6, 6.07) is 3.58. The molecule has 0 radical (unpaired) electrons. The third-order valence-corrected chi connectivity index (χ3v) is 7.00. The highest BCUT2D eigenvalue weighted by Crippen LogP contribution is 2.54. The number of nitrogens with zero attached hydrogens (tertiary/aromatic N) is 2. The van der Waals surface area contributed by atoms with Crippen LogP contribution in [-0.4, -0.2) is 47.0 Å². The van der Waals surface area contributed by atoms with E-state index in [2.05, 4.69) is 0 Å². The molecule has 0 N–H and O–H groups in total. The van der Waals surface area contributed by atoms with Crippen molar-refractivity contribution in [1.29, 1.82) is 0 Å². The average molecular weight is 374 g/mol. The van der Waals surface area contributed by atoms with Crippen molar-refractivity contribution in [3.63, 3.8) is 0 Å². The van der Waals surface area contributed by atoms with Crippen LogP contribution in [0.5, 0.6) is 0 Å². The summed E-state index contributed by atoms with van der Waals surface area (Å²) < 4.78 is 0. The summed E-state index contributed by atoms with van der Waals surface area (Å²) >= 11 is 0. The van der Waals surface area contributed by atoms with Gasteiger partial charge in [0.05, 0.1) is 11.1 Å². The average Bonchev–Trinajstić information content (AvgIpc) is 3.01. The molecule has 0 spiro atoms. The molecule has 1 aromatic carbocycles. The van der Waals surface area contributed by atoms with E-state index >= 15 is 0 Å². The molecule has 4 amide bonds. The van der Waals surface area contributed by atoms with Crippen molar-refractivity contribution in [3.05, 3.63) is 57.7 Å². The Labute approximate surface area is 161 Å². The Balaban J connectivity index is 1.39. The van der Waals surface area contributed by atoms with Crippen molar-refractivity contribution >= 4 is 23.6 Å². The second-order valence-electron chi connectivity index (χ2n) is 8.43. The highest BCUT2D eigenvalue weighted by Gasteiger charge is 2.48. The van der Waals surface area contributed by atoms with Gasteiger partial charge in [0.2, 0.25) is 0 Å². The summed E-state index contributed by atoms with van der Waals surface area (Å²) in [5.74, 6) is -0.569. The monoisotopic (exact) mass is 374 g/mol. The molecule has 6 rings (SSSR count). The smallest absolute Gasteiger partial charge is 0.261 e. The molecule has 1 aromatic rings. The highest BCUT2D eigenvalue weighted by molar-refractivity contribution is 6.25. The fourth-order valence-electron chi connectivity index (χ4n) is 5.09. The van der Waals surface area contributed by atoms with Crippen LogP contribution in [0.4, 0.5) is 0 Å². The summed E-state index contributed by atoms with van der Waals surface area (Å²) in [4.78, 5) is 52.8. The summed E-state index contributed by atoms with van der Waals surface area (Å²) in [6.45, 7) is 0.512. The van der Waals surface area contributed by atoms with Gasteiger partial charge in [0.25, 0.3) is 23.6 Å².